The van der Waals surface area contributed by atoms with Gasteiger partial charge in [-0.15, -0.1) is 0 Å². The topological polar surface area (TPSA) is 69.9 Å². The molecule has 6 rings (SSSR count). The Balaban J connectivity index is 1.40. The highest BCUT2D eigenvalue weighted by Crippen LogP contribution is 2.35. The number of esters is 1. The largest absolute Gasteiger partial charge is 0.489 e. The number of nitrogens with zero attached hydrogens (tertiary/aromatic N) is 2. The average molecular weight is 642 g/mol. The summed E-state index contributed by atoms with van der Waals surface area (Å²) in [6.45, 7) is 2.29. The molecule has 1 aromatic heterocycles. The second kappa shape index (κ2) is 13.1. The van der Waals surface area contributed by atoms with Crippen molar-refractivity contribution in [3.8, 4) is 5.75 Å². The van der Waals surface area contributed by atoms with E-state index in [-0.39, 0.29) is 12.2 Å². The molecule has 0 radical (unpaired) electrons. The van der Waals surface area contributed by atoms with Crippen LogP contribution in [0.5, 0.6) is 5.75 Å². The van der Waals surface area contributed by atoms with Gasteiger partial charge in [0.05, 0.1) is 38.5 Å². The summed E-state index contributed by atoms with van der Waals surface area (Å²) in [7, 11) is 0. The molecule has 2 heterocycles. The molecule has 220 valence electrons. The molecule has 1 aliphatic rings. The van der Waals surface area contributed by atoms with Crippen molar-refractivity contribution >= 4 is 52.3 Å². The van der Waals surface area contributed by atoms with E-state index in [0.717, 1.165) is 22.3 Å². The summed E-state index contributed by atoms with van der Waals surface area (Å²) in [6.07, 6.45) is 1.82. The van der Waals surface area contributed by atoms with E-state index in [1.807, 2.05) is 97.1 Å². The number of benzene rings is 4. The zero-order chi connectivity index (χ0) is 30.6. The molecule has 1 aliphatic heterocycles. The fraction of sp³-hybridized carbons (Fsp3) is 0.114. The summed E-state index contributed by atoms with van der Waals surface area (Å²) in [4.78, 5) is 32.9. The second-order valence-electron chi connectivity index (χ2n) is 9.95. The van der Waals surface area contributed by atoms with Crippen molar-refractivity contribution in [2.45, 2.75) is 19.6 Å². The number of hydrogen-bond acceptors (Lipinski definition) is 6. The lowest BCUT2D eigenvalue weighted by Gasteiger charge is -2.25. The van der Waals surface area contributed by atoms with Crippen LogP contribution in [0.25, 0.3) is 11.8 Å². The molecule has 0 bridgehead atoms. The van der Waals surface area contributed by atoms with Crippen molar-refractivity contribution < 1.29 is 14.3 Å². The van der Waals surface area contributed by atoms with Crippen molar-refractivity contribution in [1.29, 1.82) is 0 Å². The first-order valence-corrected chi connectivity index (χ1v) is 15.5. The molecule has 4 aromatic carbocycles. The van der Waals surface area contributed by atoms with Crippen LogP contribution >= 0.6 is 34.5 Å². The monoisotopic (exact) mass is 640 g/mol. The van der Waals surface area contributed by atoms with Gasteiger partial charge in [-0.25, -0.2) is 9.79 Å². The Hall–Kier alpha value is -4.43. The van der Waals surface area contributed by atoms with E-state index in [0.29, 0.717) is 43.0 Å². The number of aromatic nitrogens is 1. The predicted octanol–water partition coefficient (Wildman–Crippen LogP) is 6.82. The van der Waals surface area contributed by atoms with Gasteiger partial charge in [0.15, 0.2) is 4.80 Å². The average Bonchev–Trinajstić information content (AvgIpc) is 3.36. The van der Waals surface area contributed by atoms with Gasteiger partial charge in [0.2, 0.25) is 0 Å². The minimum atomic E-state index is -0.707. The quantitative estimate of drug-likeness (QED) is 0.175. The van der Waals surface area contributed by atoms with Gasteiger partial charge in [0.1, 0.15) is 12.4 Å². The smallest absolute Gasteiger partial charge is 0.338 e. The minimum absolute atomic E-state index is 0.198. The van der Waals surface area contributed by atoms with Crippen LogP contribution in [0.3, 0.4) is 0 Å². The standard InChI is InChI=1S/C35H26Cl2N2O4S/c1-2-42-34(41)30-31(24-9-5-3-6-10-24)38-35-39(32(30)25-11-7-4-8-12-25)33(40)29(44-35)20-22-13-16-26(17-14-22)43-21-23-15-18-27(36)28(37)19-23/h3-20,32H,2,21H2,1H3/b29-20+/t32-/m0/s1. The Morgan fingerprint density at radius 1 is 0.932 bits per heavy atom. The SMILES string of the molecule is CCOC(=O)C1=C(c2ccccc2)N=c2s/c(=C/c3ccc(OCc4ccc(Cl)c(Cl)c4)cc3)c(=O)n2[C@H]1c1ccccc1. The number of ether oxygens (including phenoxy) is 2. The molecule has 44 heavy (non-hydrogen) atoms. The summed E-state index contributed by atoms with van der Waals surface area (Å²) in [5, 5.41) is 0.970. The number of thiazole rings is 1. The second-order valence-corrected chi connectivity index (χ2v) is 11.8. The number of fused-ring (bicyclic) bond motifs is 1. The van der Waals surface area contributed by atoms with Crippen LogP contribution in [0.4, 0.5) is 0 Å². The van der Waals surface area contributed by atoms with Gasteiger partial charge in [0.25, 0.3) is 5.56 Å². The first-order valence-electron chi connectivity index (χ1n) is 13.9. The van der Waals surface area contributed by atoms with Crippen molar-refractivity contribution in [3.05, 3.63) is 161 Å². The third-order valence-corrected chi connectivity index (χ3v) is 8.78. The maximum atomic E-state index is 14.0. The van der Waals surface area contributed by atoms with Crippen molar-refractivity contribution in [2.75, 3.05) is 6.61 Å². The van der Waals surface area contributed by atoms with Crippen LogP contribution in [0.15, 0.2) is 118 Å². The fourth-order valence-corrected chi connectivity index (χ4v) is 6.32. The van der Waals surface area contributed by atoms with Crippen LogP contribution < -0.4 is 19.6 Å². The van der Waals surface area contributed by atoms with E-state index >= 15 is 0 Å². The Morgan fingerprint density at radius 2 is 1.64 bits per heavy atom. The summed E-state index contributed by atoms with van der Waals surface area (Å²) in [5.41, 5.74) is 3.86. The third kappa shape index (κ3) is 6.13. The van der Waals surface area contributed by atoms with E-state index in [1.54, 1.807) is 23.6 Å². The lowest BCUT2D eigenvalue weighted by atomic mass is 9.93. The fourth-order valence-electron chi connectivity index (χ4n) is 5.00. The van der Waals surface area contributed by atoms with Gasteiger partial charge in [-0.2, -0.15) is 0 Å². The van der Waals surface area contributed by atoms with Crippen LogP contribution in [-0.4, -0.2) is 17.1 Å². The number of halogens is 2. The predicted molar refractivity (Wildman–Crippen MR) is 175 cm³/mol. The molecule has 0 unspecified atom stereocenters. The van der Waals surface area contributed by atoms with Crippen molar-refractivity contribution in [1.82, 2.24) is 4.57 Å². The highest BCUT2D eigenvalue weighted by molar-refractivity contribution is 7.07. The van der Waals surface area contributed by atoms with E-state index in [1.165, 1.54) is 11.3 Å². The van der Waals surface area contributed by atoms with Crippen molar-refractivity contribution in [3.63, 3.8) is 0 Å². The Morgan fingerprint density at radius 3 is 2.32 bits per heavy atom. The Kier molecular flexibility index (Phi) is 8.79. The molecule has 0 saturated carbocycles. The summed E-state index contributed by atoms with van der Waals surface area (Å²) in [5.74, 6) is 0.167. The maximum absolute atomic E-state index is 14.0. The first-order chi connectivity index (χ1) is 21.4. The molecule has 1 atom stereocenters. The summed E-state index contributed by atoms with van der Waals surface area (Å²) in [6, 6.07) is 31.1. The van der Waals surface area contributed by atoms with Gasteiger partial charge in [0, 0.05) is 5.56 Å². The van der Waals surface area contributed by atoms with E-state index in [9.17, 15) is 9.59 Å². The normalized spacial score (nSPS) is 14.6. The zero-order valence-corrected chi connectivity index (χ0v) is 25.9. The minimum Gasteiger partial charge on any atom is -0.489 e. The molecule has 0 fully saturated rings. The summed E-state index contributed by atoms with van der Waals surface area (Å²) >= 11 is 13.4. The highest BCUT2D eigenvalue weighted by atomic mass is 35.5. The number of carbonyl (C=O) groups is 1. The highest BCUT2D eigenvalue weighted by Gasteiger charge is 2.35. The van der Waals surface area contributed by atoms with Gasteiger partial charge in [-0.1, -0.05) is 113 Å². The van der Waals surface area contributed by atoms with Crippen LogP contribution in [-0.2, 0) is 16.1 Å². The molecular weight excluding hydrogens is 615 g/mol. The molecule has 0 saturated heterocycles. The Bertz CT molecular complexity index is 2040. The molecule has 6 nitrogen and oxygen atoms in total. The molecule has 0 amide bonds. The number of hydrogen-bond donors (Lipinski definition) is 0. The molecule has 0 spiro atoms. The van der Waals surface area contributed by atoms with E-state index < -0.39 is 12.0 Å². The zero-order valence-electron chi connectivity index (χ0n) is 23.6. The van der Waals surface area contributed by atoms with E-state index in [4.69, 9.17) is 37.7 Å². The van der Waals surface area contributed by atoms with Crippen LogP contribution in [0, 0.1) is 0 Å². The van der Waals surface area contributed by atoms with Crippen LogP contribution in [0.1, 0.15) is 35.2 Å². The van der Waals surface area contributed by atoms with Crippen LogP contribution in [0.2, 0.25) is 10.0 Å². The molecular formula is C35H26Cl2N2O4S. The Labute approximate surface area is 267 Å². The maximum Gasteiger partial charge on any atom is 0.338 e. The molecule has 9 heteroatoms. The first kappa shape index (κ1) is 29.6. The lowest BCUT2D eigenvalue weighted by Crippen LogP contribution is -2.39. The van der Waals surface area contributed by atoms with Crippen molar-refractivity contribution in [2.24, 2.45) is 4.99 Å². The van der Waals surface area contributed by atoms with Gasteiger partial charge >= 0.3 is 5.97 Å². The molecule has 0 N–H and O–H groups in total. The number of rotatable bonds is 8. The third-order valence-electron chi connectivity index (χ3n) is 7.06. The van der Waals surface area contributed by atoms with Gasteiger partial charge in [-0.3, -0.25) is 9.36 Å². The summed E-state index contributed by atoms with van der Waals surface area (Å²) < 4.78 is 13.5. The molecule has 5 aromatic rings. The lowest BCUT2D eigenvalue weighted by molar-refractivity contribution is -0.138. The van der Waals surface area contributed by atoms with Gasteiger partial charge in [-0.05, 0) is 54.0 Å². The van der Waals surface area contributed by atoms with E-state index in [2.05, 4.69) is 0 Å². The van der Waals surface area contributed by atoms with Gasteiger partial charge < -0.3 is 9.47 Å². The number of carbonyl (C=O) groups excluding carboxylic acids is 1. The molecule has 0 aliphatic carbocycles.